The Balaban J connectivity index is 0.957. The lowest BCUT2D eigenvalue weighted by Crippen LogP contribution is -2.10. The predicted molar refractivity (Wildman–Crippen MR) is 288 cm³/mol. The summed E-state index contributed by atoms with van der Waals surface area (Å²) in [4.78, 5) is 2.37. The van der Waals surface area contributed by atoms with Crippen LogP contribution in [0.3, 0.4) is 0 Å². The monoisotopic (exact) mass is 865 g/mol. The van der Waals surface area contributed by atoms with Gasteiger partial charge in [-0.3, -0.25) is 0 Å². The number of rotatable bonds is 8. The highest BCUT2D eigenvalue weighted by atomic mass is 16.3. The first kappa shape index (κ1) is 39.4. The molecular weight excluding hydrogens is 823 g/mol. The van der Waals surface area contributed by atoms with Crippen molar-refractivity contribution in [3.05, 3.63) is 261 Å². The minimum absolute atomic E-state index is 0.893. The zero-order chi connectivity index (χ0) is 45.0. The summed E-state index contributed by atoms with van der Waals surface area (Å²) in [6, 6.07) is 94.4. The number of nitrogens with zero attached hydrogens (tertiary/aromatic N) is 1. The maximum Gasteiger partial charge on any atom is 0.143 e. The van der Waals surface area contributed by atoms with E-state index < -0.39 is 0 Å². The van der Waals surface area contributed by atoms with Crippen LogP contribution in [-0.4, -0.2) is 0 Å². The van der Waals surface area contributed by atoms with Crippen LogP contribution in [-0.2, 0) is 0 Å². The highest BCUT2D eigenvalue weighted by Crippen LogP contribution is 2.47. The Morgan fingerprint density at radius 1 is 0.265 bits per heavy atom. The topological polar surface area (TPSA) is 16.4 Å². The van der Waals surface area contributed by atoms with Crippen molar-refractivity contribution in [2.24, 2.45) is 0 Å². The van der Waals surface area contributed by atoms with Gasteiger partial charge in [0.15, 0.2) is 0 Å². The molecule has 2 heteroatoms. The number of anilines is 3. The summed E-state index contributed by atoms with van der Waals surface area (Å²) < 4.78 is 6.58. The van der Waals surface area contributed by atoms with Gasteiger partial charge in [-0.15, -0.1) is 0 Å². The van der Waals surface area contributed by atoms with Crippen LogP contribution in [0.4, 0.5) is 17.1 Å². The van der Waals surface area contributed by atoms with Crippen molar-refractivity contribution in [2.45, 2.75) is 0 Å². The zero-order valence-electron chi connectivity index (χ0n) is 37.2. The third-order valence-electron chi connectivity index (χ3n) is 13.6. The van der Waals surface area contributed by atoms with Gasteiger partial charge in [0.1, 0.15) is 11.2 Å². The van der Waals surface area contributed by atoms with Gasteiger partial charge in [0.2, 0.25) is 0 Å². The number of furan rings is 1. The quantitative estimate of drug-likeness (QED) is 0.142. The van der Waals surface area contributed by atoms with E-state index in [0.717, 1.165) is 66.6 Å². The molecule has 0 unspecified atom stereocenters. The summed E-state index contributed by atoms with van der Waals surface area (Å²) in [5.41, 5.74) is 16.9. The van der Waals surface area contributed by atoms with Gasteiger partial charge in [0.05, 0.1) is 0 Å². The molecule has 318 valence electrons. The molecule has 13 rings (SSSR count). The minimum Gasteiger partial charge on any atom is -0.455 e. The number of fused-ring (bicyclic) bond motifs is 8. The van der Waals surface area contributed by atoms with Crippen LogP contribution in [0.15, 0.2) is 265 Å². The van der Waals surface area contributed by atoms with Crippen LogP contribution in [0.5, 0.6) is 0 Å². The van der Waals surface area contributed by atoms with Gasteiger partial charge in [-0.1, -0.05) is 206 Å². The molecule has 0 saturated heterocycles. The van der Waals surface area contributed by atoms with E-state index in [1.54, 1.807) is 0 Å². The highest BCUT2D eigenvalue weighted by Gasteiger charge is 2.20. The first-order chi connectivity index (χ1) is 33.7. The average Bonchev–Trinajstić information content (AvgIpc) is 3.81. The number of benzene rings is 12. The molecule has 13 aromatic rings. The van der Waals surface area contributed by atoms with Crippen molar-refractivity contribution in [3.8, 4) is 55.6 Å². The maximum atomic E-state index is 6.58. The molecular formula is C66H43NO. The molecule has 0 aliphatic rings. The van der Waals surface area contributed by atoms with E-state index in [4.69, 9.17) is 4.42 Å². The molecule has 0 radical (unpaired) electrons. The third kappa shape index (κ3) is 6.73. The molecule has 0 amide bonds. The molecule has 68 heavy (non-hydrogen) atoms. The summed E-state index contributed by atoms with van der Waals surface area (Å²) in [6.45, 7) is 0. The van der Waals surface area contributed by atoms with Gasteiger partial charge in [0, 0.05) is 33.2 Å². The van der Waals surface area contributed by atoms with Crippen LogP contribution in [0.2, 0.25) is 0 Å². The Kier molecular flexibility index (Phi) is 9.54. The summed E-state index contributed by atoms with van der Waals surface area (Å²) in [7, 11) is 0. The second-order valence-electron chi connectivity index (χ2n) is 17.6. The average molecular weight is 866 g/mol. The molecule has 1 aromatic heterocycles. The fraction of sp³-hybridized carbons (Fsp3) is 0. The van der Waals surface area contributed by atoms with Crippen molar-refractivity contribution < 1.29 is 4.42 Å². The molecule has 0 fully saturated rings. The Morgan fingerprint density at radius 3 is 1.47 bits per heavy atom. The van der Waals surface area contributed by atoms with Crippen molar-refractivity contribution >= 4 is 71.3 Å². The Hall–Kier alpha value is -8.98. The smallest absolute Gasteiger partial charge is 0.143 e. The molecule has 2 nitrogen and oxygen atoms in total. The van der Waals surface area contributed by atoms with Crippen molar-refractivity contribution in [3.63, 3.8) is 0 Å². The summed E-state index contributed by atoms with van der Waals surface area (Å²) >= 11 is 0. The number of hydrogen-bond acceptors (Lipinski definition) is 2. The molecule has 0 N–H and O–H groups in total. The first-order valence-electron chi connectivity index (χ1n) is 23.3. The second-order valence-corrected chi connectivity index (χ2v) is 17.6. The van der Waals surface area contributed by atoms with E-state index >= 15 is 0 Å². The van der Waals surface area contributed by atoms with Gasteiger partial charge >= 0.3 is 0 Å². The van der Waals surface area contributed by atoms with Crippen LogP contribution < -0.4 is 4.90 Å². The van der Waals surface area contributed by atoms with E-state index in [1.165, 1.54) is 60.3 Å². The highest BCUT2D eigenvalue weighted by molar-refractivity contribution is 6.22. The fourth-order valence-electron chi connectivity index (χ4n) is 10.5. The fourth-order valence-corrected chi connectivity index (χ4v) is 10.5. The predicted octanol–water partition coefficient (Wildman–Crippen LogP) is 18.9. The lowest BCUT2D eigenvalue weighted by atomic mass is 9.84. The van der Waals surface area contributed by atoms with Crippen molar-refractivity contribution in [2.75, 3.05) is 4.90 Å². The normalized spacial score (nSPS) is 11.5. The van der Waals surface area contributed by atoms with Gasteiger partial charge < -0.3 is 9.32 Å². The summed E-state index contributed by atoms with van der Waals surface area (Å²) in [5, 5.41) is 9.55. The summed E-state index contributed by atoms with van der Waals surface area (Å²) in [6.07, 6.45) is 0. The van der Waals surface area contributed by atoms with E-state index in [0.29, 0.717) is 0 Å². The van der Waals surface area contributed by atoms with Crippen molar-refractivity contribution in [1.29, 1.82) is 0 Å². The minimum atomic E-state index is 0.893. The van der Waals surface area contributed by atoms with Gasteiger partial charge in [-0.25, -0.2) is 0 Å². The van der Waals surface area contributed by atoms with Crippen LogP contribution in [0.25, 0.3) is 110 Å². The van der Waals surface area contributed by atoms with Crippen LogP contribution in [0.1, 0.15) is 0 Å². The van der Waals surface area contributed by atoms with E-state index in [9.17, 15) is 0 Å². The van der Waals surface area contributed by atoms with Crippen LogP contribution in [0, 0.1) is 0 Å². The summed E-state index contributed by atoms with van der Waals surface area (Å²) in [5.74, 6) is 0. The van der Waals surface area contributed by atoms with E-state index in [-0.39, 0.29) is 0 Å². The van der Waals surface area contributed by atoms with E-state index in [2.05, 4.69) is 266 Å². The maximum absolute atomic E-state index is 6.58. The molecule has 0 bridgehead atoms. The Bertz CT molecular complexity index is 3990. The SMILES string of the molecule is c1ccc(-c2ccc(N(c3ccc(-c4cccc5oc6c7ccccc7ccc6c45)cc3)c3cccc(-c4ccc5c(c4)c(-c4ccccc4)c(-c4ccccc4)c4ccccc45)c3)cc2)cc1. The lowest BCUT2D eigenvalue weighted by molar-refractivity contribution is 0.673. The Morgan fingerprint density at radius 2 is 0.765 bits per heavy atom. The second kappa shape index (κ2) is 16.5. The largest absolute Gasteiger partial charge is 0.455 e. The standard InChI is InChI=1S/C66H43NO/c1-4-16-44(17-5-1)45-30-36-52(37-31-45)67(53-38-32-47(33-39-53)55-28-15-29-62-65(55)60-41-34-46-18-10-11-25-56(46)66(60)68-62)54-24-14-23-50(42-54)51-35-40-58-57-26-12-13-27-59(57)63(48-19-6-2-7-20-48)64(61(58)43-51)49-21-8-3-9-22-49/h1-43H. The first-order valence-corrected chi connectivity index (χ1v) is 23.3. The van der Waals surface area contributed by atoms with Gasteiger partial charge in [-0.05, 0) is 137 Å². The van der Waals surface area contributed by atoms with Crippen LogP contribution >= 0.6 is 0 Å². The number of hydrogen-bond donors (Lipinski definition) is 0. The van der Waals surface area contributed by atoms with E-state index in [1.807, 2.05) is 0 Å². The molecule has 1 heterocycles. The molecule has 0 spiro atoms. The third-order valence-corrected chi connectivity index (χ3v) is 13.6. The van der Waals surface area contributed by atoms with Gasteiger partial charge in [-0.2, -0.15) is 0 Å². The molecule has 0 aliphatic carbocycles. The van der Waals surface area contributed by atoms with Gasteiger partial charge in [0.25, 0.3) is 0 Å². The Labute approximate surface area is 395 Å². The molecule has 0 aliphatic heterocycles. The molecule has 0 saturated carbocycles. The molecule has 0 atom stereocenters. The lowest BCUT2D eigenvalue weighted by Gasteiger charge is -2.26. The zero-order valence-corrected chi connectivity index (χ0v) is 37.2. The van der Waals surface area contributed by atoms with Crippen molar-refractivity contribution in [1.82, 2.24) is 0 Å². The molecule has 12 aromatic carbocycles.